The smallest absolute Gasteiger partial charge is 0.0991 e. The first-order chi connectivity index (χ1) is 9.61. The molecule has 0 bridgehead atoms. The molecule has 0 aliphatic carbocycles. The fourth-order valence-electron chi connectivity index (χ4n) is 2.29. The van der Waals surface area contributed by atoms with Crippen molar-refractivity contribution in [3.05, 3.63) is 65.2 Å². The van der Waals surface area contributed by atoms with E-state index in [9.17, 15) is 5.11 Å². The Morgan fingerprint density at radius 3 is 2.65 bits per heavy atom. The molecule has 3 nitrogen and oxygen atoms in total. The third-order valence-electron chi connectivity index (χ3n) is 3.27. The van der Waals surface area contributed by atoms with Gasteiger partial charge < -0.3 is 10.0 Å². The summed E-state index contributed by atoms with van der Waals surface area (Å²) >= 11 is 0. The van der Waals surface area contributed by atoms with E-state index in [0.29, 0.717) is 12.1 Å². The number of anilines is 1. The summed E-state index contributed by atoms with van der Waals surface area (Å²) in [5.74, 6) is 0. The minimum atomic E-state index is -0.501. The predicted molar refractivity (Wildman–Crippen MR) is 80.3 cm³/mol. The zero-order valence-corrected chi connectivity index (χ0v) is 11.7. The number of hydrogen-bond acceptors (Lipinski definition) is 3. The van der Waals surface area contributed by atoms with Crippen molar-refractivity contribution >= 4 is 5.69 Å². The average molecular weight is 266 g/mol. The van der Waals surface area contributed by atoms with Crippen molar-refractivity contribution in [3.8, 4) is 6.07 Å². The Morgan fingerprint density at radius 2 is 1.95 bits per heavy atom. The number of para-hydroxylation sites is 1. The van der Waals surface area contributed by atoms with Crippen molar-refractivity contribution in [2.45, 2.75) is 19.6 Å². The van der Waals surface area contributed by atoms with Crippen molar-refractivity contribution in [3.63, 3.8) is 0 Å². The van der Waals surface area contributed by atoms with E-state index in [2.05, 4.69) is 11.0 Å². The van der Waals surface area contributed by atoms with Gasteiger partial charge in [-0.15, -0.1) is 0 Å². The number of benzene rings is 2. The second-order valence-corrected chi connectivity index (χ2v) is 4.90. The predicted octanol–water partition coefficient (Wildman–Crippen LogP) is 3.25. The Labute approximate surface area is 119 Å². The monoisotopic (exact) mass is 266 g/mol. The Hall–Kier alpha value is -2.31. The molecule has 0 aromatic heterocycles. The molecule has 0 spiro atoms. The standard InChI is InChI=1S/C17H18N2O/c1-13(20)16-8-3-4-9-17(16)19(2)12-15-7-5-6-14(10-15)11-18/h3-10,13,20H,12H2,1-2H3. The molecule has 0 aliphatic heterocycles. The molecule has 0 radical (unpaired) electrons. The Bertz CT molecular complexity index is 629. The first-order valence-corrected chi connectivity index (χ1v) is 6.59. The molecule has 3 heteroatoms. The molecule has 0 heterocycles. The number of hydrogen-bond donors (Lipinski definition) is 1. The summed E-state index contributed by atoms with van der Waals surface area (Å²) in [6, 6.07) is 17.6. The molecule has 20 heavy (non-hydrogen) atoms. The summed E-state index contributed by atoms with van der Waals surface area (Å²) in [6.07, 6.45) is -0.501. The lowest BCUT2D eigenvalue weighted by Gasteiger charge is -2.23. The maximum Gasteiger partial charge on any atom is 0.0991 e. The maximum absolute atomic E-state index is 9.83. The van der Waals surface area contributed by atoms with Gasteiger partial charge in [-0.05, 0) is 30.7 Å². The summed E-state index contributed by atoms with van der Waals surface area (Å²) < 4.78 is 0. The summed E-state index contributed by atoms with van der Waals surface area (Å²) in [5.41, 5.74) is 3.66. The zero-order chi connectivity index (χ0) is 14.5. The quantitative estimate of drug-likeness (QED) is 0.924. The van der Waals surface area contributed by atoms with Crippen LogP contribution < -0.4 is 4.90 Å². The van der Waals surface area contributed by atoms with Gasteiger partial charge in [-0.25, -0.2) is 0 Å². The number of nitriles is 1. The van der Waals surface area contributed by atoms with Crippen molar-refractivity contribution in [1.82, 2.24) is 0 Å². The molecule has 2 aromatic rings. The third kappa shape index (κ3) is 3.17. The zero-order valence-electron chi connectivity index (χ0n) is 11.7. The van der Waals surface area contributed by atoms with Crippen molar-refractivity contribution < 1.29 is 5.11 Å². The van der Waals surface area contributed by atoms with Crippen LogP contribution in [0.15, 0.2) is 48.5 Å². The highest BCUT2D eigenvalue weighted by atomic mass is 16.3. The molecule has 0 aliphatic rings. The molecular formula is C17H18N2O. The van der Waals surface area contributed by atoms with Gasteiger partial charge in [0.15, 0.2) is 0 Å². The molecule has 2 rings (SSSR count). The molecular weight excluding hydrogens is 248 g/mol. The van der Waals surface area contributed by atoms with Gasteiger partial charge in [0.1, 0.15) is 0 Å². The second-order valence-electron chi connectivity index (χ2n) is 4.90. The van der Waals surface area contributed by atoms with Crippen LogP contribution in [0, 0.1) is 11.3 Å². The van der Waals surface area contributed by atoms with E-state index >= 15 is 0 Å². The SMILES string of the molecule is CC(O)c1ccccc1N(C)Cc1cccc(C#N)c1. The molecule has 1 atom stereocenters. The molecule has 102 valence electrons. The van der Waals surface area contributed by atoms with Crippen LogP contribution in [-0.2, 0) is 6.54 Å². The van der Waals surface area contributed by atoms with E-state index in [-0.39, 0.29) is 0 Å². The average Bonchev–Trinajstić information content (AvgIpc) is 2.47. The fraction of sp³-hybridized carbons (Fsp3) is 0.235. The van der Waals surface area contributed by atoms with Gasteiger partial charge in [0, 0.05) is 24.8 Å². The van der Waals surface area contributed by atoms with Crippen LogP contribution >= 0.6 is 0 Å². The highest BCUT2D eigenvalue weighted by Gasteiger charge is 2.11. The highest BCUT2D eigenvalue weighted by molar-refractivity contribution is 5.54. The maximum atomic E-state index is 9.83. The minimum Gasteiger partial charge on any atom is -0.389 e. The van der Waals surface area contributed by atoms with Gasteiger partial charge in [-0.1, -0.05) is 30.3 Å². The van der Waals surface area contributed by atoms with Gasteiger partial charge in [0.2, 0.25) is 0 Å². The summed E-state index contributed by atoms with van der Waals surface area (Å²) in [7, 11) is 1.99. The molecule has 0 fully saturated rings. The van der Waals surface area contributed by atoms with Crippen LogP contribution in [-0.4, -0.2) is 12.2 Å². The molecule has 0 amide bonds. The first-order valence-electron chi connectivity index (χ1n) is 6.59. The lowest BCUT2D eigenvalue weighted by atomic mass is 10.1. The lowest BCUT2D eigenvalue weighted by Crippen LogP contribution is -2.18. The van der Waals surface area contributed by atoms with E-state index in [1.165, 1.54) is 0 Å². The van der Waals surface area contributed by atoms with E-state index in [4.69, 9.17) is 5.26 Å². The van der Waals surface area contributed by atoms with Gasteiger partial charge in [-0.3, -0.25) is 0 Å². The second kappa shape index (κ2) is 6.23. The van der Waals surface area contributed by atoms with Crippen molar-refractivity contribution in [2.75, 3.05) is 11.9 Å². The molecule has 0 saturated carbocycles. The van der Waals surface area contributed by atoms with Gasteiger partial charge in [0.05, 0.1) is 17.7 Å². The summed E-state index contributed by atoms with van der Waals surface area (Å²) in [4.78, 5) is 2.08. The van der Waals surface area contributed by atoms with E-state index in [1.807, 2.05) is 49.5 Å². The van der Waals surface area contributed by atoms with Crippen LogP contribution in [0.2, 0.25) is 0 Å². The normalized spacial score (nSPS) is 11.7. The first kappa shape index (κ1) is 14.1. The Kier molecular flexibility index (Phi) is 4.39. The van der Waals surface area contributed by atoms with Crippen molar-refractivity contribution in [1.29, 1.82) is 5.26 Å². The summed E-state index contributed by atoms with van der Waals surface area (Å²) in [6.45, 7) is 2.46. The van der Waals surface area contributed by atoms with Gasteiger partial charge >= 0.3 is 0 Å². The van der Waals surface area contributed by atoms with E-state index in [1.54, 1.807) is 13.0 Å². The number of aliphatic hydroxyl groups excluding tert-OH is 1. The molecule has 0 saturated heterocycles. The largest absolute Gasteiger partial charge is 0.389 e. The van der Waals surface area contributed by atoms with Crippen molar-refractivity contribution in [2.24, 2.45) is 0 Å². The fourth-order valence-corrected chi connectivity index (χ4v) is 2.29. The topological polar surface area (TPSA) is 47.3 Å². The van der Waals surface area contributed by atoms with Gasteiger partial charge in [0.25, 0.3) is 0 Å². The van der Waals surface area contributed by atoms with Crippen LogP contribution in [0.5, 0.6) is 0 Å². The highest BCUT2D eigenvalue weighted by Crippen LogP contribution is 2.26. The molecule has 1 unspecified atom stereocenters. The number of rotatable bonds is 4. The lowest BCUT2D eigenvalue weighted by molar-refractivity contribution is 0.199. The van der Waals surface area contributed by atoms with Crippen LogP contribution in [0.3, 0.4) is 0 Å². The molecule has 1 N–H and O–H groups in total. The van der Waals surface area contributed by atoms with Crippen LogP contribution in [0.1, 0.15) is 29.7 Å². The Morgan fingerprint density at radius 1 is 1.20 bits per heavy atom. The van der Waals surface area contributed by atoms with E-state index < -0.39 is 6.10 Å². The summed E-state index contributed by atoms with van der Waals surface area (Å²) in [5, 5.41) is 18.8. The van der Waals surface area contributed by atoms with Gasteiger partial charge in [-0.2, -0.15) is 5.26 Å². The van der Waals surface area contributed by atoms with Crippen LogP contribution in [0.25, 0.3) is 0 Å². The van der Waals surface area contributed by atoms with Crippen LogP contribution in [0.4, 0.5) is 5.69 Å². The molecule has 2 aromatic carbocycles. The van der Waals surface area contributed by atoms with E-state index in [0.717, 1.165) is 16.8 Å². The third-order valence-corrected chi connectivity index (χ3v) is 3.27. The number of nitrogens with zero attached hydrogens (tertiary/aromatic N) is 2. The minimum absolute atomic E-state index is 0.501. The Balaban J connectivity index is 2.24. The number of aliphatic hydroxyl groups is 1.